The van der Waals surface area contributed by atoms with Crippen molar-refractivity contribution in [2.45, 2.75) is 31.8 Å². The van der Waals surface area contributed by atoms with E-state index in [2.05, 4.69) is 10.2 Å². The van der Waals surface area contributed by atoms with Crippen LogP contribution < -0.4 is 9.47 Å². The Morgan fingerprint density at radius 2 is 2.03 bits per heavy atom. The first kappa shape index (κ1) is 19.9. The summed E-state index contributed by atoms with van der Waals surface area (Å²) in [6.45, 7) is 2.99. The number of nitrogens with one attached hydrogen (secondary N) is 1. The minimum atomic E-state index is -0.624. The number of benzene rings is 2. The number of aryl methyl sites for hydroxylation is 1. The molecule has 0 radical (unpaired) electrons. The van der Waals surface area contributed by atoms with E-state index < -0.39 is 5.60 Å². The van der Waals surface area contributed by atoms with Gasteiger partial charge in [-0.05, 0) is 30.7 Å². The zero-order valence-corrected chi connectivity index (χ0v) is 18.1. The molecular formula is C23H22ClN3O4. The van der Waals surface area contributed by atoms with Gasteiger partial charge in [0.15, 0.2) is 5.78 Å². The van der Waals surface area contributed by atoms with E-state index in [0.29, 0.717) is 53.6 Å². The maximum Gasteiger partial charge on any atom is 0.253 e. The zero-order valence-electron chi connectivity index (χ0n) is 17.3. The Labute approximate surface area is 184 Å². The molecule has 2 aromatic carbocycles. The van der Waals surface area contributed by atoms with Crippen molar-refractivity contribution < 1.29 is 19.1 Å². The van der Waals surface area contributed by atoms with E-state index in [1.807, 2.05) is 24.0 Å². The number of fused-ring (bicyclic) bond motifs is 2. The zero-order chi connectivity index (χ0) is 21.8. The minimum absolute atomic E-state index is 0.0201. The molecule has 0 atom stereocenters. The number of ketones is 1. The van der Waals surface area contributed by atoms with E-state index in [1.54, 1.807) is 25.4 Å². The van der Waals surface area contributed by atoms with Crippen LogP contribution >= 0.6 is 11.6 Å². The van der Waals surface area contributed by atoms with Crippen LogP contribution in [0.15, 0.2) is 30.5 Å². The topological polar surface area (TPSA) is 84.5 Å². The molecule has 1 spiro atoms. The number of carbonyl (C=O) groups excluding carboxylic acids is 2. The summed E-state index contributed by atoms with van der Waals surface area (Å²) in [6, 6.07) is 7.09. The van der Waals surface area contributed by atoms with Crippen molar-refractivity contribution in [1.82, 2.24) is 15.1 Å². The predicted molar refractivity (Wildman–Crippen MR) is 116 cm³/mol. The van der Waals surface area contributed by atoms with Crippen molar-refractivity contribution in [1.29, 1.82) is 0 Å². The van der Waals surface area contributed by atoms with E-state index in [1.165, 1.54) is 0 Å². The molecule has 3 aromatic rings. The molecule has 0 aliphatic carbocycles. The molecule has 31 heavy (non-hydrogen) atoms. The molecule has 1 amide bonds. The summed E-state index contributed by atoms with van der Waals surface area (Å²) < 4.78 is 11.6. The van der Waals surface area contributed by atoms with Crippen LogP contribution in [-0.2, 0) is 0 Å². The number of hydrogen-bond acceptors (Lipinski definition) is 5. The SMILES string of the molecule is COc1cc(Cl)c2c(c1)OC1(CCN(C(=O)c3cc(C)c4[nH]ncc4c3)CC1)CC2=O. The Kier molecular flexibility index (Phi) is 4.66. The molecule has 5 rings (SSSR count). The van der Waals surface area contributed by atoms with Gasteiger partial charge in [0.05, 0.1) is 35.8 Å². The number of ether oxygens (including phenoxy) is 2. The lowest BCUT2D eigenvalue weighted by molar-refractivity contribution is -0.00578. The first-order chi connectivity index (χ1) is 14.9. The summed E-state index contributed by atoms with van der Waals surface area (Å²) in [4.78, 5) is 27.8. The van der Waals surface area contributed by atoms with Crippen molar-refractivity contribution in [3.05, 3.63) is 52.2 Å². The van der Waals surface area contributed by atoms with Gasteiger partial charge < -0.3 is 14.4 Å². The van der Waals surface area contributed by atoms with Crippen LogP contribution in [0.1, 0.15) is 45.5 Å². The second-order valence-electron chi connectivity index (χ2n) is 8.29. The lowest BCUT2D eigenvalue weighted by atomic mass is 9.82. The second kappa shape index (κ2) is 7.27. The van der Waals surface area contributed by atoms with Crippen LogP contribution in [0.2, 0.25) is 5.02 Å². The number of nitrogens with zero attached hydrogens (tertiary/aromatic N) is 2. The Morgan fingerprint density at radius 3 is 2.77 bits per heavy atom. The summed E-state index contributed by atoms with van der Waals surface area (Å²) >= 11 is 6.29. The third kappa shape index (κ3) is 3.33. The van der Waals surface area contributed by atoms with Crippen molar-refractivity contribution >= 4 is 34.2 Å². The van der Waals surface area contributed by atoms with E-state index in [0.717, 1.165) is 16.5 Å². The van der Waals surface area contributed by atoms with Gasteiger partial charge in [0, 0.05) is 42.9 Å². The van der Waals surface area contributed by atoms with E-state index >= 15 is 0 Å². The van der Waals surface area contributed by atoms with Crippen molar-refractivity contribution in [2.24, 2.45) is 0 Å². The van der Waals surface area contributed by atoms with Crippen LogP contribution in [0.5, 0.6) is 11.5 Å². The number of aromatic nitrogens is 2. The Bertz CT molecular complexity index is 1210. The molecule has 8 heteroatoms. The maximum atomic E-state index is 13.1. The fourth-order valence-corrected chi connectivity index (χ4v) is 4.92. The molecule has 0 saturated carbocycles. The summed E-state index contributed by atoms with van der Waals surface area (Å²) in [5, 5.41) is 8.27. The van der Waals surface area contributed by atoms with Gasteiger partial charge in [-0.15, -0.1) is 0 Å². The Balaban J connectivity index is 1.35. The van der Waals surface area contributed by atoms with Gasteiger partial charge in [-0.25, -0.2) is 0 Å². The first-order valence-corrected chi connectivity index (χ1v) is 10.6. The molecule has 1 N–H and O–H groups in total. The van der Waals surface area contributed by atoms with E-state index in [9.17, 15) is 9.59 Å². The number of Topliss-reactive ketones (excluding diaryl/α,β-unsaturated/α-hetero) is 1. The molecule has 1 fully saturated rings. The number of halogens is 1. The van der Waals surface area contributed by atoms with Crippen molar-refractivity contribution in [3.63, 3.8) is 0 Å². The van der Waals surface area contributed by atoms with Crippen LogP contribution in [0.3, 0.4) is 0 Å². The standard InChI is InChI=1S/C23H22ClN3O4/c1-13-7-14(8-15-12-25-26-21(13)15)22(29)27-5-3-23(4-6-27)11-18(28)20-17(24)9-16(30-2)10-19(20)31-23/h7-10,12H,3-6,11H2,1-2H3,(H,25,26). The normalized spacial score (nSPS) is 17.5. The number of rotatable bonds is 2. The highest BCUT2D eigenvalue weighted by Crippen LogP contribution is 2.43. The first-order valence-electron chi connectivity index (χ1n) is 10.2. The van der Waals surface area contributed by atoms with Crippen molar-refractivity contribution in [3.8, 4) is 11.5 Å². The molecule has 1 aromatic heterocycles. The van der Waals surface area contributed by atoms with Gasteiger partial charge in [-0.3, -0.25) is 14.7 Å². The maximum absolute atomic E-state index is 13.1. The van der Waals surface area contributed by atoms with Gasteiger partial charge in [0.2, 0.25) is 0 Å². The number of likely N-dealkylation sites (tertiary alicyclic amines) is 1. The predicted octanol–water partition coefficient (Wildman–Crippen LogP) is 4.17. The molecule has 2 aliphatic heterocycles. The Hall–Kier alpha value is -3.06. The number of methoxy groups -OCH3 is 1. The largest absolute Gasteiger partial charge is 0.497 e. The molecule has 1 saturated heterocycles. The molecule has 7 nitrogen and oxygen atoms in total. The summed E-state index contributed by atoms with van der Waals surface area (Å²) in [5.41, 5.74) is 2.35. The lowest BCUT2D eigenvalue weighted by Gasteiger charge is -2.44. The third-order valence-electron chi connectivity index (χ3n) is 6.31. The highest BCUT2D eigenvalue weighted by molar-refractivity contribution is 6.34. The average molecular weight is 440 g/mol. The molecule has 2 aliphatic rings. The minimum Gasteiger partial charge on any atom is -0.497 e. The monoisotopic (exact) mass is 439 g/mol. The van der Waals surface area contributed by atoms with Gasteiger partial charge in [-0.2, -0.15) is 5.10 Å². The number of piperidine rings is 1. The quantitative estimate of drug-likeness (QED) is 0.647. The molecule has 0 unspecified atom stereocenters. The van der Waals surface area contributed by atoms with Gasteiger partial charge in [0.25, 0.3) is 5.91 Å². The van der Waals surface area contributed by atoms with Crippen molar-refractivity contribution in [2.75, 3.05) is 20.2 Å². The van der Waals surface area contributed by atoms with Gasteiger partial charge >= 0.3 is 0 Å². The van der Waals surface area contributed by atoms with Crippen LogP contribution in [0.25, 0.3) is 10.9 Å². The fourth-order valence-electron chi connectivity index (χ4n) is 4.61. The summed E-state index contributed by atoms with van der Waals surface area (Å²) in [6.07, 6.45) is 3.13. The van der Waals surface area contributed by atoms with E-state index in [-0.39, 0.29) is 18.1 Å². The number of hydrogen-bond donors (Lipinski definition) is 1. The Morgan fingerprint density at radius 1 is 1.26 bits per heavy atom. The van der Waals surface area contributed by atoms with E-state index in [4.69, 9.17) is 21.1 Å². The third-order valence-corrected chi connectivity index (χ3v) is 6.60. The molecule has 160 valence electrons. The highest BCUT2D eigenvalue weighted by atomic mass is 35.5. The summed E-state index contributed by atoms with van der Waals surface area (Å²) in [7, 11) is 1.55. The number of amides is 1. The van der Waals surface area contributed by atoms with Crippen LogP contribution in [0, 0.1) is 6.92 Å². The smallest absolute Gasteiger partial charge is 0.253 e. The van der Waals surface area contributed by atoms with Gasteiger partial charge in [0.1, 0.15) is 17.1 Å². The lowest BCUT2D eigenvalue weighted by Crippen LogP contribution is -2.52. The second-order valence-corrected chi connectivity index (χ2v) is 8.69. The molecular weight excluding hydrogens is 418 g/mol. The molecule has 3 heterocycles. The highest BCUT2D eigenvalue weighted by Gasteiger charge is 2.44. The average Bonchev–Trinajstić information content (AvgIpc) is 3.22. The fraction of sp³-hybridized carbons (Fsp3) is 0.348. The molecule has 0 bridgehead atoms. The van der Waals surface area contributed by atoms with Crippen LogP contribution in [0.4, 0.5) is 0 Å². The van der Waals surface area contributed by atoms with Gasteiger partial charge in [-0.1, -0.05) is 11.6 Å². The number of H-pyrrole nitrogens is 1. The number of carbonyl (C=O) groups is 2. The summed E-state index contributed by atoms with van der Waals surface area (Å²) in [5.74, 6) is 0.954. The van der Waals surface area contributed by atoms with Crippen LogP contribution in [-0.4, -0.2) is 52.6 Å². The number of aromatic amines is 1.